The first-order chi connectivity index (χ1) is 11.2. The predicted octanol–water partition coefficient (Wildman–Crippen LogP) is 4.96. The van der Waals surface area contributed by atoms with Crippen molar-refractivity contribution in [2.24, 2.45) is 0 Å². The highest BCUT2D eigenvalue weighted by Gasteiger charge is 2.16. The third-order valence-corrected chi connectivity index (χ3v) is 4.50. The van der Waals surface area contributed by atoms with Crippen molar-refractivity contribution in [2.75, 3.05) is 5.32 Å². The van der Waals surface area contributed by atoms with Crippen LogP contribution in [0.15, 0.2) is 72.1 Å². The molecule has 0 aliphatic heterocycles. The molecule has 0 aliphatic carbocycles. The lowest BCUT2D eigenvalue weighted by molar-refractivity contribution is 0.628. The van der Waals surface area contributed by atoms with Gasteiger partial charge in [-0.1, -0.05) is 36.4 Å². The molecule has 0 saturated heterocycles. The predicted molar refractivity (Wildman–Crippen MR) is 98.4 cm³/mol. The molecule has 1 atom stereocenters. The second-order valence-corrected chi connectivity index (χ2v) is 6.35. The van der Waals surface area contributed by atoms with Crippen LogP contribution in [0.5, 0.6) is 0 Å². The van der Waals surface area contributed by atoms with Gasteiger partial charge in [0.25, 0.3) is 0 Å². The van der Waals surface area contributed by atoms with E-state index >= 15 is 0 Å². The number of rotatable bonds is 4. The molecule has 1 aromatic heterocycles. The average molecular weight is 342 g/mol. The van der Waals surface area contributed by atoms with Gasteiger partial charge in [0.05, 0.1) is 6.04 Å². The number of nitrogens with one attached hydrogen (secondary N) is 2. The molecule has 0 unspecified atom stereocenters. The van der Waals surface area contributed by atoms with Crippen LogP contribution < -0.4 is 10.6 Å². The maximum atomic E-state index is 13.0. The van der Waals surface area contributed by atoms with Crippen molar-refractivity contribution in [3.8, 4) is 0 Å². The first kappa shape index (κ1) is 15.6. The van der Waals surface area contributed by atoms with E-state index in [1.54, 1.807) is 23.5 Å². The summed E-state index contributed by atoms with van der Waals surface area (Å²) in [5, 5.41) is 8.97. The fraction of sp³-hybridized carbons (Fsp3) is 0.0556. The van der Waals surface area contributed by atoms with Gasteiger partial charge in [0, 0.05) is 10.6 Å². The summed E-state index contributed by atoms with van der Waals surface area (Å²) in [6, 6.07) is 20.3. The minimum absolute atomic E-state index is 0.0170. The SMILES string of the molecule is Fc1ccc(NC(=S)N[C@H](c2ccccc2)c2cccs2)cc1. The number of hydrogen-bond acceptors (Lipinski definition) is 2. The van der Waals surface area contributed by atoms with Crippen LogP contribution in [0.4, 0.5) is 10.1 Å². The van der Waals surface area contributed by atoms with E-state index < -0.39 is 0 Å². The largest absolute Gasteiger partial charge is 0.351 e. The molecule has 2 aromatic carbocycles. The fourth-order valence-electron chi connectivity index (χ4n) is 2.25. The van der Waals surface area contributed by atoms with Crippen molar-refractivity contribution in [1.29, 1.82) is 0 Å². The molecule has 0 aliphatic rings. The first-order valence-electron chi connectivity index (χ1n) is 7.14. The number of benzene rings is 2. The molecule has 0 bridgehead atoms. The highest BCUT2D eigenvalue weighted by Crippen LogP contribution is 2.26. The van der Waals surface area contributed by atoms with E-state index in [4.69, 9.17) is 12.2 Å². The molecule has 0 radical (unpaired) electrons. The van der Waals surface area contributed by atoms with Gasteiger partial charge in [0.1, 0.15) is 5.82 Å². The molecule has 2 N–H and O–H groups in total. The summed E-state index contributed by atoms with van der Waals surface area (Å²) < 4.78 is 13.0. The Bertz CT molecular complexity index is 755. The van der Waals surface area contributed by atoms with Gasteiger partial charge in [-0.15, -0.1) is 11.3 Å². The number of anilines is 1. The summed E-state index contributed by atoms with van der Waals surface area (Å²) in [5.41, 5.74) is 1.89. The zero-order valence-corrected chi connectivity index (χ0v) is 13.8. The van der Waals surface area contributed by atoms with Gasteiger partial charge in [-0.3, -0.25) is 0 Å². The molecule has 3 rings (SSSR count). The van der Waals surface area contributed by atoms with E-state index in [9.17, 15) is 4.39 Å². The minimum Gasteiger partial charge on any atom is -0.351 e. The van der Waals surface area contributed by atoms with Crippen molar-refractivity contribution in [3.63, 3.8) is 0 Å². The van der Waals surface area contributed by atoms with Crippen molar-refractivity contribution in [2.45, 2.75) is 6.04 Å². The van der Waals surface area contributed by atoms with Gasteiger partial charge >= 0.3 is 0 Å². The van der Waals surface area contributed by atoms with Gasteiger partial charge in [-0.2, -0.15) is 0 Å². The van der Waals surface area contributed by atoms with Crippen LogP contribution in [-0.4, -0.2) is 5.11 Å². The van der Waals surface area contributed by atoms with E-state index in [-0.39, 0.29) is 11.9 Å². The van der Waals surface area contributed by atoms with Crippen LogP contribution in [0.25, 0.3) is 0 Å². The Hall–Kier alpha value is -2.24. The fourth-order valence-corrected chi connectivity index (χ4v) is 3.29. The summed E-state index contributed by atoms with van der Waals surface area (Å²) in [6.45, 7) is 0. The summed E-state index contributed by atoms with van der Waals surface area (Å²) in [6.07, 6.45) is 0. The van der Waals surface area contributed by atoms with Crippen molar-refractivity contribution < 1.29 is 4.39 Å². The Labute approximate surface area is 144 Å². The lowest BCUT2D eigenvalue weighted by atomic mass is 10.1. The molecular formula is C18H15FN2S2. The lowest BCUT2D eigenvalue weighted by Gasteiger charge is -2.20. The summed E-state index contributed by atoms with van der Waals surface area (Å²) in [4.78, 5) is 1.18. The van der Waals surface area contributed by atoms with E-state index in [0.717, 1.165) is 11.3 Å². The molecular weight excluding hydrogens is 327 g/mol. The van der Waals surface area contributed by atoms with Gasteiger partial charge in [-0.25, -0.2) is 4.39 Å². The lowest BCUT2D eigenvalue weighted by Crippen LogP contribution is -2.32. The zero-order valence-electron chi connectivity index (χ0n) is 12.2. The van der Waals surface area contributed by atoms with Gasteiger partial charge in [0.15, 0.2) is 5.11 Å². The Morgan fingerprint density at radius 3 is 2.35 bits per heavy atom. The van der Waals surface area contributed by atoms with Crippen LogP contribution in [-0.2, 0) is 0 Å². The highest BCUT2D eigenvalue weighted by molar-refractivity contribution is 7.80. The third kappa shape index (κ3) is 4.15. The standard InChI is InChI=1S/C18H15FN2S2/c19-14-8-10-15(11-9-14)20-18(22)21-17(16-7-4-12-23-16)13-5-2-1-3-6-13/h1-12,17H,(H2,20,21,22)/t17-/m1/s1. The molecule has 0 amide bonds. The summed E-state index contributed by atoms with van der Waals surface area (Å²) in [5.74, 6) is -0.268. The second-order valence-electron chi connectivity index (χ2n) is 4.96. The average Bonchev–Trinajstić information content (AvgIpc) is 3.10. The molecule has 5 heteroatoms. The molecule has 3 aromatic rings. The Kier molecular flexibility index (Phi) is 5.00. The molecule has 0 spiro atoms. The van der Waals surface area contributed by atoms with Crippen LogP contribution >= 0.6 is 23.6 Å². The molecule has 0 saturated carbocycles. The highest BCUT2D eigenvalue weighted by atomic mass is 32.1. The van der Waals surface area contributed by atoms with E-state index in [1.807, 2.05) is 29.6 Å². The number of hydrogen-bond donors (Lipinski definition) is 2. The smallest absolute Gasteiger partial charge is 0.171 e. The number of halogens is 1. The summed E-state index contributed by atoms with van der Waals surface area (Å²) >= 11 is 7.08. The van der Waals surface area contributed by atoms with E-state index in [1.165, 1.54) is 17.0 Å². The minimum atomic E-state index is -0.268. The summed E-state index contributed by atoms with van der Waals surface area (Å²) in [7, 11) is 0. The van der Waals surface area contributed by atoms with Crippen LogP contribution in [0, 0.1) is 5.82 Å². The van der Waals surface area contributed by atoms with Crippen LogP contribution in [0.2, 0.25) is 0 Å². The number of thiocarbonyl (C=S) groups is 1. The second kappa shape index (κ2) is 7.35. The van der Waals surface area contributed by atoms with Crippen molar-refractivity contribution in [3.05, 3.63) is 88.4 Å². The van der Waals surface area contributed by atoms with Gasteiger partial charge in [-0.05, 0) is 53.5 Å². The Morgan fingerprint density at radius 2 is 1.70 bits per heavy atom. The van der Waals surface area contributed by atoms with Crippen LogP contribution in [0.3, 0.4) is 0 Å². The molecule has 116 valence electrons. The molecule has 2 nitrogen and oxygen atoms in total. The number of thiophene rings is 1. The van der Waals surface area contributed by atoms with Crippen molar-refractivity contribution in [1.82, 2.24) is 5.32 Å². The monoisotopic (exact) mass is 342 g/mol. The van der Waals surface area contributed by atoms with Crippen molar-refractivity contribution >= 4 is 34.4 Å². The molecule has 23 heavy (non-hydrogen) atoms. The molecule has 0 fully saturated rings. The van der Waals surface area contributed by atoms with Gasteiger partial charge in [0.2, 0.25) is 0 Å². The topological polar surface area (TPSA) is 24.1 Å². The molecule has 1 heterocycles. The Balaban J connectivity index is 1.76. The third-order valence-electron chi connectivity index (χ3n) is 3.34. The quantitative estimate of drug-likeness (QED) is 0.655. The van der Waals surface area contributed by atoms with E-state index in [0.29, 0.717) is 5.11 Å². The van der Waals surface area contributed by atoms with Crippen LogP contribution in [0.1, 0.15) is 16.5 Å². The first-order valence-corrected chi connectivity index (χ1v) is 8.42. The zero-order chi connectivity index (χ0) is 16.1. The van der Waals surface area contributed by atoms with Gasteiger partial charge < -0.3 is 10.6 Å². The maximum Gasteiger partial charge on any atom is 0.171 e. The van der Waals surface area contributed by atoms with E-state index in [2.05, 4.69) is 28.8 Å². The maximum absolute atomic E-state index is 13.0. The Morgan fingerprint density at radius 1 is 0.957 bits per heavy atom. The normalized spacial score (nSPS) is 11.7.